The van der Waals surface area contributed by atoms with Crippen molar-refractivity contribution in [1.29, 1.82) is 0 Å². The van der Waals surface area contributed by atoms with Gasteiger partial charge in [-0.05, 0) is 56.8 Å². The van der Waals surface area contributed by atoms with E-state index in [1.165, 1.54) is 0 Å². The first kappa shape index (κ1) is 15.5. The van der Waals surface area contributed by atoms with E-state index < -0.39 is 5.54 Å². The van der Waals surface area contributed by atoms with E-state index in [-0.39, 0.29) is 18.4 Å². The Bertz CT molecular complexity index is 536. The van der Waals surface area contributed by atoms with Gasteiger partial charge in [-0.1, -0.05) is 19.9 Å². The predicted molar refractivity (Wildman–Crippen MR) is 85.7 cm³/mol. The lowest BCUT2D eigenvalue weighted by atomic mass is 9.88. The lowest BCUT2D eigenvalue weighted by Crippen LogP contribution is -2.66. The van der Waals surface area contributed by atoms with Gasteiger partial charge < -0.3 is 5.32 Å². The molecule has 0 aromatic heterocycles. The van der Waals surface area contributed by atoms with Gasteiger partial charge in [0, 0.05) is 8.95 Å². The van der Waals surface area contributed by atoms with Crippen LogP contribution in [0, 0.1) is 0 Å². The third-order valence-corrected chi connectivity index (χ3v) is 5.03. The van der Waals surface area contributed by atoms with E-state index in [1.807, 2.05) is 32.0 Å². The van der Waals surface area contributed by atoms with Gasteiger partial charge in [0.05, 0.1) is 5.69 Å². The van der Waals surface area contributed by atoms with E-state index in [1.54, 1.807) is 4.90 Å². The van der Waals surface area contributed by atoms with Gasteiger partial charge in [-0.15, -0.1) is 0 Å². The van der Waals surface area contributed by atoms with Gasteiger partial charge in [0.15, 0.2) is 0 Å². The van der Waals surface area contributed by atoms with Crippen molar-refractivity contribution in [2.24, 2.45) is 0 Å². The summed E-state index contributed by atoms with van der Waals surface area (Å²) in [6, 6.07) is 5.60. The van der Waals surface area contributed by atoms with Crippen LogP contribution in [0.15, 0.2) is 27.1 Å². The first-order valence-corrected chi connectivity index (χ1v) is 8.10. The molecule has 2 rings (SSSR count). The molecule has 0 spiro atoms. The van der Waals surface area contributed by atoms with Crippen molar-refractivity contribution in [2.45, 2.75) is 32.2 Å². The molecule has 1 aromatic carbocycles. The van der Waals surface area contributed by atoms with E-state index in [4.69, 9.17) is 0 Å². The van der Waals surface area contributed by atoms with Gasteiger partial charge in [-0.3, -0.25) is 14.5 Å². The Balaban J connectivity index is 2.51. The topological polar surface area (TPSA) is 49.4 Å². The number of carbonyl (C=O) groups is 2. The number of benzene rings is 1. The molecular weight excluding hydrogens is 388 g/mol. The fourth-order valence-electron chi connectivity index (χ4n) is 2.49. The van der Waals surface area contributed by atoms with Crippen LogP contribution in [0.3, 0.4) is 0 Å². The third kappa shape index (κ3) is 2.51. The standard InChI is InChI=1S/C14H16Br2N2O2/c1-3-14(4-2)13(20)18(8-11(19)17-14)12-9(15)6-5-7-10(12)16/h5-7H,3-4,8H2,1-2H3,(H,17,19). The number of carbonyl (C=O) groups excluding carboxylic acids is 2. The minimum absolute atomic E-state index is 0.0434. The molecule has 1 aliphatic rings. The molecule has 1 aromatic rings. The number of hydrogen-bond acceptors (Lipinski definition) is 2. The highest BCUT2D eigenvalue weighted by atomic mass is 79.9. The lowest BCUT2D eigenvalue weighted by Gasteiger charge is -2.41. The van der Waals surface area contributed by atoms with E-state index >= 15 is 0 Å². The van der Waals surface area contributed by atoms with Crippen LogP contribution in [0.25, 0.3) is 0 Å². The third-order valence-electron chi connectivity index (χ3n) is 3.75. The number of piperazine rings is 1. The molecule has 6 heteroatoms. The smallest absolute Gasteiger partial charge is 0.253 e. The molecule has 1 heterocycles. The Kier molecular flexibility index (Phi) is 4.54. The second-order valence-corrected chi connectivity index (χ2v) is 6.51. The summed E-state index contributed by atoms with van der Waals surface area (Å²) >= 11 is 6.91. The maximum absolute atomic E-state index is 12.8. The van der Waals surface area contributed by atoms with Crippen molar-refractivity contribution in [3.8, 4) is 0 Å². The van der Waals surface area contributed by atoms with Gasteiger partial charge in [0.2, 0.25) is 5.91 Å². The summed E-state index contributed by atoms with van der Waals surface area (Å²) in [6.07, 6.45) is 1.15. The van der Waals surface area contributed by atoms with E-state index in [2.05, 4.69) is 37.2 Å². The normalized spacial score (nSPS) is 18.1. The van der Waals surface area contributed by atoms with Gasteiger partial charge >= 0.3 is 0 Å². The molecule has 1 aliphatic heterocycles. The summed E-state index contributed by atoms with van der Waals surface area (Å²) in [5, 5.41) is 2.86. The molecule has 0 aliphatic carbocycles. The molecule has 20 heavy (non-hydrogen) atoms. The summed E-state index contributed by atoms with van der Waals surface area (Å²) in [6.45, 7) is 3.88. The molecule has 0 atom stereocenters. The monoisotopic (exact) mass is 402 g/mol. The molecule has 1 saturated heterocycles. The molecule has 0 unspecified atom stereocenters. The number of nitrogens with zero attached hydrogens (tertiary/aromatic N) is 1. The maximum Gasteiger partial charge on any atom is 0.253 e. The predicted octanol–water partition coefficient (Wildman–Crippen LogP) is 3.23. The second kappa shape index (κ2) is 5.85. The molecule has 4 nitrogen and oxygen atoms in total. The minimum Gasteiger partial charge on any atom is -0.340 e. The summed E-state index contributed by atoms with van der Waals surface area (Å²) in [5.74, 6) is -0.189. The fourth-order valence-corrected chi connectivity index (χ4v) is 3.92. The number of rotatable bonds is 3. The molecule has 1 fully saturated rings. The molecule has 0 bridgehead atoms. The Hall–Kier alpha value is -0.880. The number of anilines is 1. The maximum atomic E-state index is 12.8. The first-order chi connectivity index (χ1) is 9.45. The quantitative estimate of drug-likeness (QED) is 0.842. The van der Waals surface area contributed by atoms with Crippen molar-refractivity contribution in [2.75, 3.05) is 11.4 Å². The second-order valence-electron chi connectivity index (χ2n) is 4.80. The average molecular weight is 404 g/mol. The van der Waals surface area contributed by atoms with Crippen molar-refractivity contribution in [3.05, 3.63) is 27.1 Å². The SMILES string of the molecule is CCC1(CC)NC(=O)CN(c2c(Br)cccc2Br)C1=O. The molecule has 2 amide bonds. The molecule has 108 valence electrons. The molecular formula is C14H16Br2N2O2. The number of amides is 2. The van der Waals surface area contributed by atoms with Crippen LogP contribution >= 0.6 is 31.9 Å². The van der Waals surface area contributed by atoms with Crippen LogP contribution in [-0.2, 0) is 9.59 Å². The first-order valence-electron chi connectivity index (χ1n) is 6.52. The number of nitrogens with one attached hydrogen (secondary N) is 1. The Labute approximate surface area is 135 Å². The van der Waals surface area contributed by atoms with Gasteiger partial charge in [0.25, 0.3) is 5.91 Å². The fraction of sp³-hybridized carbons (Fsp3) is 0.429. The van der Waals surface area contributed by atoms with E-state index in [0.717, 1.165) is 8.95 Å². The van der Waals surface area contributed by atoms with Crippen molar-refractivity contribution in [1.82, 2.24) is 5.32 Å². The van der Waals surface area contributed by atoms with E-state index in [9.17, 15) is 9.59 Å². The lowest BCUT2D eigenvalue weighted by molar-refractivity contribution is -0.136. The molecule has 1 N–H and O–H groups in total. The van der Waals surface area contributed by atoms with Crippen LogP contribution in [0.5, 0.6) is 0 Å². The van der Waals surface area contributed by atoms with Gasteiger partial charge in [-0.25, -0.2) is 0 Å². The Morgan fingerprint density at radius 1 is 1.20 bits per heavy atom. The van der Waals surface area contributed by atoms with E-state index in [0.29, 0.717) is 18.5 Å². The zero-order chi connectivity index (χ0) is 14.9. The van der Waals surface area contributed by atoms with Crippen LogP contribution in [0.2, 0.25) is 0 Å². The zero-order valence-electron chi connectivity index (χ0n) is 11.4. The summed E-state index contributed by atoms with van der Waals surface area (Å²) in [4.78, 5) is 26.4. The summed E-state index contributed by atoms with van der Waals surface area (Å²) < 4.78 is 1.58. The Morgan fingerprint density at radius 2 is 1.75 bits per heavy atom. The minimum atomic E-state index is -0.802. The highest BCUT2D eigenvalue weighted by Gasteiger charge is 2.45. The average Bonchev–Trinajstić information content (AvgIpc) is 2.42. The number of halogens is 2. The zero-order valence-corrected chi connectivity index (χ0v) is 14.5. The van der Waals surface area contributed by atoms with Crippen molar-refractivity contribution < 1.29 is 9.59 Å². The number of hydrogen-bond donors (Lipinski definition) is 1. The van der Waals surface area contributed by atoms with Crippen LogP contribution in [0.4, 0.5) is 5.69 Å². The highest BCUT2D eigenvalue weighted by molar-refractivity contribution is 9.11. The molecule has 0 radical (unpaired) electrons. The van der Waals surface area contributed by atoms with Crippen LogP contribution in [0.1, 0.15) is 26.7 Å². The summed E-state index contributed by atoms with van der Waals surface area (Å²) in [7, 11) is 0. The largest absolute Gasteiger partial charge is 0.340 e. The van der Waals surface area contributed by atoms with Crippen molar-refractivity contribution >= 4 is 49.4 Å². The van der Waals surface area contributed by atoms with Crippen LogP contribution in [-0.4, -0.2) is 23.9 Å². The van der Waals surface area contributed by atoms with Crippen LogP contribution < -0.4 is 10.2 Å². The number of para-hydroxylation sites is 1. The molecule has 0 saturated carbocycles. The summed E-state index contributed by atoms with van der Waals surface area (Å²) in [5.41, 5.74) is -0.0945. The Morgan fingerprint density at radius 3 is 2.25 bits per heavy atom. The highest BCUT2D eigenvalue weighted by Crippen LogP contribution is 2.37. The van der Waals surface area contributed by atoms with Crippen molar-refractivity contribution in [3.63, 3.8) is 0 Å². The van der Waals surface area contributed by atoms with Gasteiger partial charge in [-0.2, -0.15) is 0 Å². The van der Waals surface area contributed by atoms with Gasteiger partial charge in [0.1, 0.15) is 12.1 Å².